The van der Waals surface area contributed by atoms with Crippen molar-refractivity contribution in [2.45, 2.75) is 19.7 Å². The average Bonchev–Trinajstić information content (AvgIpc) is 2.92. The van der Waals surface area contributed by atoms with Gasteiger partial charge in [-0.3, -0.25) is 14.5 Å². The normalized spacial score (nSPS) is 14.2. The molecular weight excluding hydrogens is 532 g/mol. The number of ether oxygens (including phenoxy) is 1. The highest BCUT2D eigenvalue weighted by molar-refractivity contribution is 5.95. The van der Waals surface area contributed by atoms with Gasteiger partial charge in [0, 0.05) is 62.9 Å². The van der Waals surface area contributed by atoms with Crippen LogP contribution in [0.15, 0.2) is 48.7 Å². The Morgan fingerprint density at radius 3 is 2.52 bits per heavy atom. The maximum absolute atomic E-state index is 13.9. The van der Waals surface area contributed by atoms with Gasteiger partial charge in [-0.2, -0.15) is 13.2 Å². The van der Waals surface area contributed by atoms with E-state index in [4.69, 9.17) is 10.5 Å². The number of benzene rings is 2. The summed E-state index contributed by atoms with van der Waals surface area (Å²) in [6.45, 7) is 4.76. The van der Waals surface area contributed by atoms with Gasteiger partial charge >= 0.3 is 6.18 Å². The lowest BCUT2D eigenvalue weighted by molar-refractivity contribution is -0.141. The number of hydrogen-bond donors (Lipinski definition) is 2. The van der Waals surface area contributed by atoms with Crippen LogP contribution < -0.4 is 15.8 Å². The first-order chi connectivity index (χ1) is 19.0. The highest BCUT2D eigenvalue weighted by atomic mass is 19.4. The molecule has 0 atom stereocenters. The van der Waals surface area contributed by atoms with Gasteiger partial charge in [0.1, 0.15) is 12.4 Å². The molecule has 0 radical (unpaired) electrons. The molecule has 0 aliphatic carbocycles. The fourth-order valence-corrected chi connectivity index (χ4v) is 4.32. The number of carbonyl (C=O) groups is 2. The smallest absolute Gasteiger partial charge is 0.419 e. The summed E-state index contributed by atoms with van der Waals surface area (Å²) in [5, 5.41) is 2.88. The molecule has 3 N–H and O–H groups in total. The van der Waals surface area contributed by atoms with Crippen LogP contribution in [-0.2, 0) is 17.6 Å². The van der Waals surface area contributed by atoms with Crippen LogP contribution in [0.25, 0.3) is 11.3 Å². The lowest BCUT2D eigenvalue weighted by atomic mass is 10.1. The summed E-state index contributed by atoms with van der Waals surface area (Å²) in [7, 11) is 0. The van der Waals surface area contributed by atoms with Crippen LogP contribution in [0.1, 0.15) is 28.4 Å². The SMILES string of the molecule is CC(=O)N1CCN(CCNC(=O)c2cccc(-c3cnc(N)c(OCc4cccc(F)c4C(F)(F)F)n3)c2)CC1. The van der Waals surface area contributed by atoms with E-state index in [1.807, 2.05) is 0 Å². The predicted octanol–water partition coefficient (Wildman–Crippen LogP) is 3.36. The van der Waals surface area contributed by atoms with Crippen LogP contribution in [-0.4, -0.2) is 70.9 Å². The van der Waals surface area contributed by atoms with Gasteiger partial charge in [0.15, 0.2) is 5.82 Å². The third kappa shape index (κ3) is 7.03. The van der Waals surface area contributed by atoms with Crippen LogP contribution >= 0.6 is 0 Å². The van der Waals surface area contributed by atoms with Gasteiger partial charge < -0.3 is 20.7 Å². The maximum atomic E-state index is 13.9. The molecule has 40 heavy (non-hydrogen) atoms. The standard InChI is InChI=1S/C27H28F4N6O3/c1-17(38)37-12-10-36(11-13-37)9-8-33-25(39)19-5-2-4-18(14-19)22-15-34-24(32)26(35-22)40-16-20-6-3-7-21(28)23(20)27(29,30)31/h2-7,14-15H,8-13,16H2,1H3,(H2,32,34)(H,33,39). The Balaban J connectivity index is 1.40. The number of nitrogens with zero attached hydrogens (tertiary/aromatic N) is 4. The minimum Gasteiger partial charge on any atom is -0.470 e. The molecule has 1 aromatic heterocycles. The maximum Gasteiger partial charge on any atom is 0.419 e. The van der Waals surface area contributed by atoms with Crippen LogP contribution in [0, 0.1) is 5.82 Å². The first kappa shape index (κ1) is 28.7. The van der Waals surface area contributed by atoms with E-state index in [9.17, 15) is 27.2 Å². The number of alkyl halides is 3. The fraction of sp³-hybridized carbons (Fsp3) is 0.333. The van der Waals surface area contributed by atoms with Crippen molar-refractivity contribution >= 4 is 17.6 Å². The Bertz CT molecular complexity index is 1380. The minimum absolute atomic E-state index is 0.0551. The second kappa shape index (κ2) is 12.3. The van der Waals surface area contributed by atoms with Crippen molar-refractivity contribution in [3.63, 3.8) is 0 Å². The summed E-state index contributed by atoms with van der Waals surface area (Å²) in [6, 6.07) is 9.55. The second-order valence-corrected chi connectivity index (χ2v) is 9.19. The van der Waals surface area contributed by atoms with Crippen molar-refractivity contribution in [1.29, 1.82) is 0 Å². The number of anilines is 1. The molecule has 0 spiro atoms. The largest absolute Gasteiger partial charge is 0.470 e. The van der Waals surface area contributed by atoms with Crippen molar-refractivity contribution in [3.05, 3.63) is 71.2 Å². The summed E-state index contributed by atoms with van der Waals surface area (Å²) >= 11 is 0. The number of piperazine rings is 1. The monoisotopic (exact) mass is 560 g/mol. The highest BCUT2D eigenvalue weighted by Crippen LogP contribution is 2.35. The van der Waals surface area contributed by atoms with Gasteiger partial charge in [0.2, 0.25) is 5.91 Å². The lowest BCUT2D eigenvalue weighted by Crippen LogP contribution is -2.49. The summed E-state index contributed by atoms with van der Waals surface area (Å²) in [5.41, 5.74) is 5.13. The van der Waals surface area contributed by atoms with Crippen molar-refractivity contribution in [2.24, 2.45) is 0 Å². The summed E-state index contributed by atoms with van der Waals surface area (Å²) in [5.74, 6) is -2.04. The van der Waals surface area contributed by atoms with E-state index >= 15 is 0 Å². The van der Waals surface area contributed by atoms with Crippen molar-refractivity contribution in [1.82, 2.24) is 25.1 Å². The Labute approximate surface area is 228 Å². The predicted molar refractivity (Wildman–Crippen MR) is 139 cm³/mol. The van der Waals surface area contributed by atoms with Gasteiger partial charge in [0.25, 0.3) is 11.8 Å². The summed E-state index contributed by atoms with van der Waals surface area (Å²) in [4.78, 5) is 36.4. The molecule has 13 heteroatoms. The molecule has 9 nitrogen and oxygen atoms in total. The first-order valence-corrected chi connectivity index (χ1v) is 12.5. The molecule has 0 saturated carbocycles. The zero-order valence-electron chi connectivity index (χ0n) is 21.7. The van der Waals surface area contributed by atoms with E-state index in [1.54, 1.807) is 36.1 Å². The van der Waals surface area contributed by atoms with E-state index < -0.39 is 29.7 Å². The Kier molecular flexibility index (Phi) is 8.83. The molecule has 212 valence electrons. The molecule has 0 bridgehead atoms. The Morgan fingerprint density at radius 1 is 1.10 bits per heavy atom. The molecule has 2 amide bonds. The number of carbonyl (C=O) groups excluding carboxylic acids is 2. The number of aromatic nitrogens is 2. The van der Waals surface area contributed by atoms with E-state index in [0.29, 0.717) is 37.3 Å². The molecule has 1 aliphatic rings. The zero-order valence-corrected chi connectivity index (χ0v) is 21.7. The zero-order chi connectivity index (χ0) is 28.9. The van der Waals surface area contributed by atoms with E-state index in [1.165, 1.54) is 6.20 Å². The van der Waals surface area contributed by atoms with Crippen molar-refractivity contribution in [2.75, 3.05) is 45.0 Å². The summed E-state index contributed by atoms with van der Waals surface area (Å²) < 4.78 is 59.2. The second-order valence-electron chi connectivity index (χ2n) is 9.19. The number of nitrogens with one attached hydrogen (secondary N) is 1. The van der Waals surface area contributed by atoms with E-state index in [-0.39, 0.29) is 29.2 Å². The Morgan fingerprint density at radius 2 is 1.82 bits per heavy atom. The fourth-order valence-electron chi connectivity index (χ4n) is 4.32. The molecule has 3 aromatic rings. The molecule has 0 unspecified atom stereocenters. The molecule has 1 fully saturated rings. The molecular formula is C27H28F4N6O3. The highest BCUT2D eigenvalue weighted by Gasteiger charge is 2.36. The number of nitrogen functional groups attached to an aromatic ring is 1. The third-order valence-corrected chi connectivity index (χ3v) is 6.47. The quantitative estimate of drug-likeness (QED) is 0.406. The van der Waals surface area contributed by atoms with Gasteiger partial charge in [-0.15, -0.1) is 0 Å². The van der Waals surface area contributed by atoms with Crippen LogP contribution in [0.5, 0.6) is 5.88 Å². The summed E-state index contributed by atoms with van der Waals surface area (Å²) in [6.07, 6.45) is -3.56. The van der Waals surface area contributed by atoms with Crippen molar-refractivity contribution in [3.8, 4) is 17.1 Å². The topological polar surface area (TPSA) is 114 Å². The molecule has 2 heterocycles. The number of nitrogens with two attached hydrogens (primary N) is 1. The number of amides is 2. The van der Waals surface area contributed by atoms with Gasteiger partial charge in [-0.25, -0.2) is 14.4 Å². The van der Waals surface area contributed by atoms with Crippen LogP contribution in [0.3, 0.4) is 0 Å². The minimum atomic E-state index is -4.91. The molecule has 1 aliphatic heterocycles. The lowest BCUT2D eigenvalue weighted by Gasteiger charge is -2.34. The van der Waals surface area contributed by atoms with Crippen LogP contribution in [0.4, 0.5) is 23.4 Å². The van der Waals surface area contributed by atoms with E-state index in [0.717, 1.165) is 31.3 Å². The van der Waals surface area contributed by atoms with Crippen LogP contribution in [0.2, 0.25) is 0 Å². The van der Waals surface area contributed by atoms with Gasteiger partial charge in [-0.1, -0.05) is 24.3 Å². The van der Waals surface area contributed by atoms with Crippen molar-refractivity contribution < 1.29 is 31.9 Å². The number of hydrogen-bond acceptors (Lipinski definition) is 7. The number of rotatable bonds is 8. The van der Waals surface area contributed by atoms with E-state index in [2.05, 4.69) is 20.2 Å². The molecule has 4 rings (SSSR count). The molecule has 1 saturated heterocycles. The van der Waals surface area contributed by atoms with Gasteiger partial charge in [0.05, 0.1) is 17.5 Å². The third-order valence-electron chi connectivity index (χ3n) is 6.47. The number of halogens is 4. The first-order valence-electron chi connectivity index (χ1n) is 12.5. The average molecular weight is 561 g/mol. The molecule has 2 aromatic carbocycles. The Hall–Kier alpha value is -4.26. The van der Waals surface area contributed by atoms with Gasteiger partial charge in [-0.05, 0) is 18.2 Å².